The maximum Gasteiger partial charge on any atom is 0.246 e. The highest BCUT2D eigenvalue weighted by molar-refractivity contribution is 7.89. The molecule has 1 aliphatic rings. The molecular weight excluding hydrogens is 340 g/mol. The van der Waals surface area contributed by atoms with Crippen LogP contribution in [0.15, 0.2) is 48.0 Å². The lowest BCUT2D eigenvalue weighted by atomic mass is 10.1. The number of fused-ring (bicyclic) bond motifs is 1. The summed E-state index contributed by atoms with van der Waals surface area (Å²) in [6.07, 6.45) is 6.82. The maximum atomic E-state index is 13.1. The first-order valence-electron chi connectivity index (χ1n) is 7.81. The minimum absolute atomic E-state index is 0.190. The molecule has 25 heavy (non-hydrogen) atoms. The second-order valence-electron chi connectivity index (χ2n) is 5.78. The van der Waals surface area contributed by atoms with Crippen LogP contribution in [0.5, 0.6) is 0 Å². The summed E-state index contributed by atoms with van der Waals surface area (Å²) in [6.45, 7) is 2.37. The van der Waals surface area contributed by atoms with Crippen LogP contribution >= 0.6 is 0 Å². The Hall–Kier alpha value is -2.65. The van der Waals surface area contributed by atoms with E-state index in [1.54, 1.807) is 31.5 Å². The van der Waals surface area contributed by atoms with Crippen molar-refractivity contribution < 1.29 is 8.42 Å². The van der Waals surface area contributed by atoms with Crippen LogP contribution in [0.3, 0.4) is 0 Å². The summed E-state index contributed by atoms with van der Waals surface area (Å²) >= 11 is 0. The molecule has 128 valence electrons. The monoisotopic (exact) mass is 356 g/mol. The predicted molar refractivity (Wildman–Crippen MR) is 89.4 cm³/mol. The van der Waals surface area contributed by atoms with E-state index in [0.29, 0.717) is 24.5 Å². The van der Waals surface area contributed by atoms with Gasteiger partial charge in [0.15, 0.2) is 5.82 Å². The van der Waals surface area contributed by atoms with Crippen molar-refractivity contribution in [3.05, 3.63) is 60.1 Å². The van der Waals surface area contributed by atoms with E-state index in [9.17, 15) is 8.42 Å². The number of nitrogens with zero attached hydrogens (tertiary/aromatic N) is 6. The molecule has 0 unspecified atom stereocenters. The third-order valence-corrected chi connectivity index (χ3v) is 6.23. The summed E-state index contributed by atoms with van der Waals surface area (Å²) in [6, 6.07) is 5.41. The SMILES string of the molecule is Cc1c(S(=O)(=O)N2CCc3cncnc3C2)cnn1-c1ccccn1. The van der Waals surface area contributed by atoms with Gasteiger partial charge in [-0.1, -0.05) is 6.07 Å². The van der Waals surface area contributed by atoms with Crippen LogP contribution in [0.2, 0.25) is 0 Å². The van der Waals surface area contributed by atoms with Gasteiger partial charge in [0.05, 0.1) is 24.1 Å². The van der Waals surface area contributed by atoms with Gasteiger partial charge in [-0.25, -0.2) is 28.1 Å². The number of sulfonamides is 1. The molecule has 8 nitrogen and oxygen atoms in total. The molecule has 0 radical (unpaired) electrons. The minimum atomic E-state index is -3.66. The second-order valence-corrected chi connectivity index (χ2v) is 7.68. The van der Waals surface area contributed by atoms with Crippen molar-refractivity contribution in [2.45, 2.75) is 24.8 Å². The molecule has 0 spiro atoms. The van der Waals surface area contributed by atoms with E-state index in [0.717, 1.165) is 11.3 Å². The zero-order valence-corrected chi connectivity index (χ0v) is 14.4. The normalized spacial score (nSPS) is 15.1. The summed E-state index contributed by atoms with van der Waals surface area (Å²) in [5, 5.41) is 4.21. The van der Waals surface area contributed by atoms with Gasteiger partial charge in [-0.15, -0.1) is 0 Å². The number of aromatic nitrogens is 5. The van der Waals surface area contributed by atoms with Gasteiger partial charge in [0.25, 0.3) is 0 Å². The topological polar surface area (TPSA) is 93.9 Å². The maximum absolute atomic E-state index is 13.1. The summed E-state index contributed by atoms with van der Waals surface area (Å²) in [7, 11) is -3.66. The van der Waals surface area contributed by atoms with Crippen molar-refractivity contribution in [1.82, 2.24) is 29.0 Å². The Bertz CT molecular complexity index is 1020. The summed E-state index contributed by atoms with van der Waals surface area (Å²) < 4.78 is 29.1. The Balaban J connectivity index is 1.69. The van der Waals surface area contributed by atoms with Crippen LogP contribution in [0.1, 0.15) is 17.0 Å². The number of rotatable bonds is 3. The van der Waals surface area contributed by atoms with Crippen molar-refractivity contribution in [2.75, 3.05) is 6.54 Å². The van der Waals surface area contributed by atoms with Crippen molar-refractivity contribution in [1.29, 1.82) is 0 Å². The highest BCUT2D eigenvalue weighted by Crippen LogP contribution is 2.26. The van der Waals surface area contributed by atoms with Crippen molar-refractivity contribution in [3.8, 4) is 5.82 Å². The van der Waals surface area contributed by atoms with Gasteiger partial charge in [0.1, 0.15) is 11.2 Å². The van der Waals surface area contributed by atoms with Gasteiger partial charge < -0.3 is 0 Å². The summed E-state index contributed by atoms with van der Waals surface area (Å²) in [4.78, 5) is 12.6. The Labute approximate surface area is 145 Å². The third kappa shape index (κ3) is 2.71. The van der Waals surface area contributed by atoms with Crippen LogP contribution in [-0.2, 0) is 23.0 Å². The zero-order valence-electron chi connectivity index (χ0n) is 13.6. The predicted octanol–water partition coefficient (Wildman–Crippen LogP) is 1.11. The molecule has 3 aromatic heterocycles. The van der Waals surface area contributed by atoms with Gasteiger partial charge in [-0.3, -0.25) is 0 Å². The molecule has 0 N–H and O–H groups in total. The third-order valence-electron chi connectivity index (χ3n) is 4.29. The standard InChI is InChI=1S/C16H16N6O2S/c1-12-15(9-20-22(12)16-4-2-3-6-18-16)25(23,24)21-7-5-13-8-17-11-19-14(13)10-21/h2-4,6,8-9,11H,5,7,10H2,1H3. The Kier molecular flexibility index (Phi) is 3.81. The van der Waals surface area contributed by atoms with Crippen LogP contribution in [0, 0.1) is 6.92 Å². The van der Waals surface area contributed by atoms with E-state index in [-0.39, 0.29) is 11.4 Å². The fourth-order valence-electron chi connectivity index (χ4n) is 2.93. The van der Waals surface area contributed by atoms with Crippen LogP contribution in [-0.4, -0.2) is 44.0 Å². The van der Waals surface area contributed by atoms with Gasteiger partial charge in [0, 0.05) is 18.9 Å². The van der Waals surface area contributed by atoms with Crippen LogP contribution < -0.4 is 0 Å². The first kappa shape index (κ1) is 15.9. The lowest BCUT2D eigenvalue weighted by Gasteiger charge is -2.26. The molecular formula is C16H16N6O2S. The lowest BCUT2D eigenvalue weighted by Crippen LogP contribution is -2.36. The molecule has 4 heterocycles. The average molecular weight is 356 g/mol. The molecule has 3 aromatic rings. The van der Waals surface area contributed by atoms with Gasteiger partial charge >= 0.3 is 0 Å². The fraction of sp³-hybridized carbons (Fsp3) is 0.250. The smallest absolute Gasteiger partial charge is 0.245 e. The molecule has 9 heteroatoms. The van der Waals surface area contributed by atoms with E-state index in [1.807, 2.05) is 6.07 Å². The molecule has 0 atom stereocenters. The number of hydrogen-bond donors (Lipinski definition) is 0. The first-order chi connectivity index (χ1) is 12.1. The zero-order chi connectivity index (χ0) is 17.4. The number of hydrogen-bond acceptors (Lipinski definition) is 6. The molecule has 0 saturated carbocycles. The molecule has 0 fully saturated rings. The molecule has 1 aliphatic heterocycles. The molecule has 0 aromatic carbocycles. The average Bonchev–Trinajstić information content (AvgIpc) is 3.04. The van der Waals surface area contributed by atoms with Crippen LogP contribution in [0.4, 0.5) is 0 Å². The van der Waals surface area contributed by atoms with Crippen LogP contribution in [0.25, 0.3) is 5.82 Å². The van der Waals surface area contributed by atoms with E-state index >= 15 is 0 Å². The molecule has 0 aliphatic carbocycles. The summed E-state index contributed by atoms with van der Waals surface area (Å²) in [5.41, 5.74) is 2.28. The van der Waals surface area contributed by atoms with E-state index in [1.165, 1.54) is 21.5 Å². The lowest BCUT2D eigenvalue weighted by molar-refractivity contribution is 0.384. The molecule has 0 bridgehead atoms. The summed E-state index contributed by atoms with van der Waals surface area (Å²) in [5.74, 6) is 0.582. The Morgan fingerprint density at radius 1 is 1.16 bits per heavy atom. The quantitative estimate of drug-likeness (QED) is 0.698. The first-order valence-corrected chi connectivity index (χ1v) is 9.25. The molecule has 0 amide bonds. The van der Waals surface area contributed by atoms with Gasteiger partial charge in [-0.05, 0) is 31.0 Å². The highest BCUT2D eigenvalue weighted by atomic mass is 32.2. The Morgan fingerprint density at radius 2 is 2.04 bits per heavy atom. The van der Waals surface area contributed by atoms with Crippen molar-refractivity contribution in [3.63, 3.8) is 0 Å². The van der Waals surface area contributed by atoms with Gasteiger partial charge in [0.2, 0.25) is 10.0 Å². The van der Waals surface area contributed by atoms with E-state index in [2.05, 4.69) is 20.1 Å². The Morgan fingerprint density at radius 3 is 2.84 bits per heavy atom. The van der Waals surface area contributed by atoms with Gasteiger partial charge in [-0.2, -0.15) is 9.40 Å². The fourth-order valence-corrected chi connectivity index (χ4v) is 4.47. The second kappa shape index (κ2) is 6.01. The highest BCUT2D eigenvalue weighted by Gasteiger charge is 2.32. The number of pyridine rings is 1. The largest absolute Gasteiger partial charge is 0.246 e. The van der Waals surface area contributed by atoms with E-state index < -0.39 is 10.0 Å². The molecule has 4 rings (SSSR count). The minimum Gasteiger partial charge on any atom is -0.245 e. The van der Waals surface area contributed by atoms with Crippen molar-refractivity contribution in [2.24, 2.45) is 0 Å². The van der Waals surface area contributed by atoms with Crippen molar-refractivity contribution >= 4 is 10.0 Å². The van der Waals surface area contributed by atoms with E-state index in [4.69, 9.17) is 0 Å². The molecule has 0 saturated heterocycles.